The van der Waals surface area contributed by atoms with E-state index in [1.807, 2.05) is 24.3 Å². The van der Waals surface area contributed by atoms with E-state index < -0.39 is 0 Å². The number of halogens is 1. The van der Waals surface area contributed by atoms with Crippen molar-refractivity contribution in [2.45, 2.75) is 32.1 Å². The van der Waals surface area contributed by atoms with Crippen molar-refractivity contribution < 1.29 is 4.79 Å². The lowest BCUT2D eigenvalue weighted by Gasteiger charge is -2.22. The molecule has 2 rings (SSSR count). The number of piperidine rings is 1. The van der Waals surface area contributed by atoms with Crippen LogP contribution in [0.2, 0.25) is 5.02 Å². The molecule has 0 amide bonds. The summed E-state index contributed by atoms with van der Waals surface area (Å²) in [6.07, 6.45) is 4.69. The number of rotatable bonds is 5. The van der Waals surface area contributed by atoms with Crippen molar-refractivity contribution in [2.75, 3.05) is 13.1 Å². The van der Waals surface area contributed by atoms with Gasteiger partial charge in [-0.3, -0.25) is 4.79 Å². The van der Waals surface area contributed by atoms with Crippen LogP contribution in [0.1, 0.15) is 31.2 Å². The highest BCUT2D eigenvalue weighted by Gasteiger charge is 2.14. The van der Waals surface area contributed by atoms with E-state index in [2.05, 4.69) is 5.32 Å². The van der Waals surface area contributed by atoms with Crippen LogP contribution in [0.15, 0.2) is 24.3 Å². The first kappa shape index (κ1) is 13.6. The molecule has 0 bridgehead atoms. The number of carbonyl (C=O) groups is 1. The summed E-state index contributed by atoms with van der Waals surface area (Å²) in [6, 6.07) is 7.58. The van der Waals surface area contributed by atoms with Gasteiger partial charge < -0.3 is 5.32 Å². The van der Waals surface area contributed by atoms with Gasteiger partial charge >= 0.3 is 0 Å². The predicted molar refractivity (Wildman–Crippen MR) is 75.0 cm³/mol. The fraction of sp³-hybridized carbons (Fsp3) is 0.533. The van der Waals surface area contributed by atoms with Crippen LogP contribution in [0, 0.1) is 5.92 Å². The van der Waals surface area contributed by atoms with Crippen molar-refractivity contribution in [3.8, 4) is 0 Å². The van der Waals surface area contributed by atoms with E-state index in [9.17, 15) is 4.79 Å². The van der Waals surface area contributed by atoms with Gasteiger partial charge in [0.2, 0.25) is 0 Å². The lowest BCUT2D eigenvalue weighted by atomic mass is 9.91. The Morgan fingerprint density at radius 2 is 2.11 bits per heavy atom. The number of ketones is 1. The van der Waals surface area contributed by atoms with Gasteiger partial charge in [0.05, 0.1) is 0 Å². The lowest BCUT2D eigenvalue weighted by Crippen LogP contribution is -2.28. The van der Waals surface area contributed by atoms with Crippen molar-refractivity contribution in [3.05, 3.63) is 34.9 Å². The fourth-order valence-corrected chi connectivity index (χ4v) is 2.71. The van der Waals surface area contributed by atoms with Gasteiger partial charge in [0.1, 0.15) is 5.78 Å². The van der Waals surface area contributed by atoms with Crippen molar-refractivity contribution in [3.63, 3.8) is 0 Å². The van der Waals surface area contributed by atoms with E-state index in [0.717, 1.165) is 31.0 Å². The Bertz CT molecular complexity index is 399. The van der Waals surface area contributed by atoms with Crippen molar-refractivity contribution >= 4 is 17.4 Å². The number of Topliss-reactive ketones (excluding diaryl/α,β-unsaturated/α-hetero) is 1. The second kappa shape index (κ2) is 6.91. The number of benzene rings is 1. The first-order valence-corrected chi connectivity index (χ1v) is 7.08. The zero-order valence-electron chi connectivity index (χ0n) is 10.6. The second-order valence-electron chi connectivity index (χ2n) is 5.08. The van der Waals surface area contributed by atoms with Gasteiger partial charge in [-0.15, -0.1) is 0 Å². The molecule has 1 heterocycles. The highest BCUT2D eigenvalue weighted by Crippen LogP contribution is 2.19. The van der Waals surface area contributed by atoms with E-state index in [4.69, 9.17) is 11.6 Å². The minimum absolute atomic E-state index is 0.329. The number of carbonyl (C=O) groups excluding carboxylic acids is 1. The third kappa shape index (κ3) is 4.43. The predicted octanol–water partition coefficient (Wildman–Crippen LogP) is 3.23. The molecule has 0 saturated carbocycles. The van der Waals surface area contributed by atoms with Crippen LogP contribution in [0.3, 0.4) is 0 Å². The van der Waals surface area contributed by atoms with Crippen LogP contribution in [0.5, 0.6) is 0 Å². The summed E-state index contributed by atoms with van der Waals surface area (Å²) < 4.78 is 0. The van der Waals surface area contributed by atoms with Gasteiger partial charge in [-0.1, -0.05) is 23.7 Å². The molecule has 3 heteroatoms. The maximum Gasteiger partial charge on any atom is 0.137 e. The van der Waals surface area contributed by atoms with E-state index in [0.29, 0.717) is 23.6 Å². The highest BCUT2D eigenvalue weighted by atomic mass is 35.5. The summed E-state index contributed by atoms with van der Waals surface area (Å²) in [5.74, 6) is 1.06. The van der Waals surface area contributed by atoms with Crippen molar-refractivity contribution in [2.24, 2.45) is 5.92 Å². The molecule has 1 aromatic rings. The first-order chi connectivity index (χ1) is 8.74. The average molecular weight is 266 g/mol. The maximum atomic E-state index is 11.9. The SMILES string of the molecule is O=C(CCC1CCNCC1)Cc1cccc(Cl)c1. The van der Waals surface area contributed by atoms with Crippen LogP contribution in [-0.2, 0) is 11.2 Å². The second-order valence-corrected chi connectivity index (χ2v) is 5.51. The summed E-state index contributed by atoms with van der Waals surface area (Å²) >= 11 is 5.91. The molecule has 0 unspecified atom stereocenters. The summed E-state index contributed by atoms with van der Waals surface area (Å²) in [5.41, 5.74) is 1.03. The molecule has 0 atom stereocenters. The molecule has 0 radical (unpaired) electrons. The quantitative estimate of drug-likeness (QED) is 0.886. The van der Waals surface area contributed by atoms with Crippen LogP contribution in [-0.4, -0.2) is 18.9 Å². The summed E-state index contributed by atoms with van der Waals surface area (Å²) in [5, 5.41) is 4.06. The molecule has 0 spiro atoms. The molecule has 2 nitrogen and oxygen atoms in total. The van der Waals surface area contributed by atoms with E-state index in [-0.39, 0.29) is 0 Å². The molecule has 1 aliphatic rings. The van der Waals surface area contributed by atoms with Crippen LogP contribution in [0.25, 0.3) is 0 Å². The Hall–Kier alpha value is -0.860. The summed E-state index contributed by atoms with van der Waals surface area (Å²) in [6.45, 7) is 2.21. The molecule has 0 aromatic heterocycles. The van der Waals surface area contributed by atoms with Crippen molar-refractivity contribution in [1.29, 1.82) is 0 Å². The maximum absolute atomic E-state index is 11.9. The zero-order chi connectivity index (χ0) is 12.8. The largest absolute Gasteiger partial charge is 0.317 e. The third-order valence-corrected chi connectivity index (χ3v) is 3.82. The molecule has 0 aliphatic carbocycles. The standard InChI is InChI=1S/C15H20ClNO/c16-14-3-1-2-13(10-14)11-15(18)5-4-12-6-8-17-9-7-12/h1-3,10,12,17H,4-9,11H2. The van der Waals surface area contributed by atoms with Gasteiger partial charge in [-0.05, 0) is 56.0 Å². The fourth-order valence-electron chi connectivity index (χ4n) is 2.50. The molecule has 1 N–H and O–H groups in total. The molecule has 1 aliphatic heterocycles. The summed E-state index contributed by atoms with van der Waals surface area (Å²) in [7, 11) is 0. The van der Waals surface area contributed by atoms with Crippen LogP contribution in [0.4, 0.5) is 0 Å². The minimum Gasteiger partial charge on any atom is -0.317 e. The van der Waals surface area contributed by atoms with Gasteiger partial charge in [0.25, 0.3) is 0 Å². The lowest BCUT2D eigenvalue weighted by molar-refractivity contribution is -0.118. The highest BCUT2D eigenvalue weighted by molar-refractivity contribution is 6.30. The Morgan fingerprint density at radius 3 is 2.83 bits per heavy atom. The number of hydrogen-bond acceptors (Lipinski definition) is 2. The topological polar surface area (TPSA) is 29.1 Å². The van der Waals surface area contributed by atoms with Crippen molar-refractivity contribution in [1.82, 2.24) is 5.32 Å². The molecule has 1 fully saturated rings. The van der Waals surface area contributed by atoms with E-state index in [1.54, 1.807) is 0 Å². The van der Waals surface area contributed by atoms with Gasteiger partial charge in [0.15, 0.2) is 0 Å². The minimum atomic E-state index is 0.329. The van der Waals surface area contributed by atoms with E-state index >= 15 is 0 Å². The number of hydrogen-bond donors (Lipinski definition) is 1. The first-order valence-electron chi connectivity index (χ1n) is 6.71. The molecular weight excluding hydrogens is 246 g/mol. The Morgan fingerprint density at radius 1 is 1.33 bits per heavy atom. The summed E-state index contributed by atoms with van der Waals surface area (Å²) in [4.78, 5) is 11.9. The third-order valence-electron chi connectivity index (χ3n) is 3.58. The van der Waals surface area contributed by atoms with Gasteiger partial charge in [-0.2, -0.15) is 0 Å². The monoisotopic (exact) mass is 265 g/mol. The average Bonchev–Trinajstić information content (AvgIpc) is 2.38. The zero-order valence-corrected chi connectivity index (χ0v) is 11.4. The van der Waals surface area contributed by atoms with Crippen LogP contribution < -0.4 is 5.32 Å². The van der Waals surface area contributed by atoms with E-state index in [1.165, 1.54) is 12.8 Å². The smallest absolute Gasteiger partial charge is 0.137 e. The van der Waals surface area contributed by atoms with Crippen LogP contribution >= 0.6 is 11.6 Å². The van der Waals surface area contributed by atoms with Gasteiger partial charge in [-0.25, -0.2) is 0 Å². The molecule has 98 valence electrons. The molecule has 1 aromatic carbocycles. The van der Waals surface area contributed by atoms with Gasteiger partial charge in [0, 0.05) is 17.9 Å². The Balaban J connectivity index is 1.74. The normalized spacial score (nSPS) is 16.7. The molecule has 1 saturated heterocycles. The molecular formula is C15H20ClNO. The molecule has 18 heavy (non-hydrogen) atoms. The Labute approximate surface area is 114 Å². The Kier molecular flexibility index (Phi) is 5.21. The number of nitrogens with one attached hydrogen (secondary N) is 1.